The molecule has 2 aromatic carbocycles. The number of carbonyl (C=O) groups excluding carboxylic acids is 1. The van der Waals surface area contributed by atoms with Gasteiger partial charge in [0, 0.05) is 26.3 Å². The van der Waals surface area contributed by atoms with Gasteiger partial charge >= 0.3 is 12.0 Å². The van der Waals surface area contributed by atoms with Crippen LogP contribution in [0.1, 0.15) is 12.5 Å². The highest BCUT2D eigenvalue weighted by Gasteiger charge is 2.50. The van der Waals surface area contributed by atoms with Crippen LogP contribution in [-0.4, -0.2) is 18.6 Å². The molecule has 3 nitrogen and oxygen atoms in total. The summed E-state index contributed by atoms with van der Waals surface area (Å²) in [7, 11) is 2.22. The third-order valence-electron chi connectivity index (χ3n) is 4.33. The Bertz CT molecular complexity index is 1080. The van der Waals surface area contributed by atoms with Crippen LogP contribution in [-0.2, 0) is 4.79 Å². The van der Waals surface area contributed by atoms with Crippen molar-refractivity contribution in [2.75, 3.05) is 11.4 Å². The van der Waals surface area contributed by atoms with Crippen molar-refractivity contribution in [3.05, 3.63) is 38.7 Å². The molecule has 0 radical (unpaired) electrons. The Kier molecular flexibility index (Phi) is 5.80. The summed E-state index contributed by atoms with van der Waals surface area (Å²) < 4.78 is 76.2. The Balaban J connectivity index is 2.30. The lowest BCUT2D eigenvalue weighted by atomic mass is 10.00. The number of fused-ring (bicyclic) bond motifs is 1. The molecule has 1 amide bonds. The first-order valence-corrected chi connectivity index (χ1v) is 9.71. The lowest BCUT2D eigenvalue weighted by Gasteiger charge is -2.33. The van der Waals surface area contributed by atoms with Gasteiger partial charge in [0.05, 0.1) is 12.2 Å². The molecule has 0 aromatic heterocycles. The number of hydrogen-bond acceptors (Lipinski definition) is 2. The average molecular weight is 539 g/mol. The zero-order chi connectivity index (χ0) is 21.7. The topological polar surface area (TPSA) is 29.5 Å². The fourth-order valence-electron chi connectivity index (χ4n) is 2.86. The van der Waals surface area contributed by atoms with Crippen molar-refractivity contribution >= 4 is 48.7 Å². The fourth-order valence-corrected chi connectivity index (χ4v) is 3.86. The Morgan fingerprint density at radius 3 is 2.52 bits per heavy atom. The fraction of sp³-hybridized carbons (Fsp3) is 0.211. The van der Waals surface area contributed by atoms with Crippen molar-refractivity contribution in [1.82, 2.24) is 0 Å². The van der Waals surface area contributed by atoms with Crippen molar-refractivity contribution in [3.8, 4) is 28.7 Å². The molecular weight excluding hydrogens is 527 g/mol. The summed E-state index contributed by atoms with van der Waals surface area (Å²) in [6.45, 7) is 2.41. The summed E-state index contributed by atoms with van der Waals surface area (Å²) in [6, 6.07) is 1.59. The first-order valence-electron chi connectivity index (χ1n) is 8.06. The quantitative estimate of drug-likeness (QED) is 0.185. The number of carbonyl (C=O) groups is 1. The van der Waals surface area contributed by atoms with Gasteiger partial charge < -0.3 is 4.74 Å². The molecule has 10 heteroatoms. The molecular formula is C19H12F5INO2P. The van der Waals surface area contributed by atoms with Gasteiger partial charge in [0.2, 0.25) is 0 Å². The van der Waals surface area contributed by atoms with E-state index in [0.29, 0.717) is 14.5 Å². The zero-order valence-corrected chi connectivity index (χ0v) is 18.3. The first-order chi connectivity index (χ1) is 13.5. The van der Waals surface area contributed by atoms with Gasteiger partial charge in [-0.3, -0.25) is 9.69 Å². The van der Waals surface area contributed by atoms with Crippen LogP contribution >= 0.6 is 31.8 Å². The van der Waals surface area contributed by atoms with Gasteiger partial charge in [-0.25, -0.2) is 13.2 Å². The maximum atomic E-state index is 14.8. The molecule has 0 N–H and O–H groups in total. The molecule has 2 aromatic rings. The largest absolute Gasteiger partial charge is 0.483 e. The molecule has 0 fully saturated rings. The standard InChI is InChI=1S/C19H12F5INO2P/c1-3-4-5-26-11-6-9(10(20)7-12(11)28-19(23,24)18(26)27)13-15(22)14(21)8(2)16(25)17(13)29/h6-7H,5,29H2,1-2H3. The van der Waals surface area contributed by atoms with Crippen molar-refractivity contribution < 1.29 is 31.5 Å². The van der Waals surface area contributed by atoms with E-state index in [9.17, 15) is 26.7 Å². The molecule has 29 heavy (non-hydrogen) atoms. The van der Waals surface area contributed by atoms with Crippen molar-refractivity contribution in [3.63, 3.8) is 0 Å². The monoisotopic (exact) mass is 539 g/mol. The highest BCUT2D eigenvalue weighted by atomic mass is 127. The Hall–Kier alpha value is -1.92. The number of benzene rings is 2. The van der Waals surface area contributed by atoms with E-state index < -0.39 is 52.9 Å². The number of nitrogens with zero attached hydrogens (tertiary/aromatic N) is 1. The van der Waals surface area contributed by atoms with Gasteiger partial charge in [-0.05, 0) is 47.8 Å². The maximum Gasteiger partial charge on any atom is 0.483 e. The van der Waals surface area contributed by atoms with Crippen LogP contribution in [0.4, 0.5) is 27.6 Å². The molecule has 3 rings (SSSR count). The SMILES string of the molecule is CC#CCN1C(=O)C(F)(F)Oc2cc(F)c(-c3c(F)c(F)c(C)c(I)c3P)cc21. The number of rotatable bonds is 2. The van der Waals surface area contributed by atoms with Crippen LogP contribution < -0.4 is 14.9 Å². The second-order valence-electron chi connectivity index (χ2n) is 6.09. The summed E-state index contributed by atoms with van der Waals surface area (Å²) in [5.74, 6) is -0.905. The van der Waals surface area contributed by atoms with Crippen LogP contribution in [0, 0.1) is 39.8 Å². The summed E-state index contributed by atoms with van der Waals surface area (Å²) in [5.41, 5.74) is -0.971. The molecule has 0 bridgehead atoms. The second kappa shape index (κ2) is 7.73. The number of amides is 1. The van der Waals surface area contributed by atoms with E-state index in [1.807, 2.05) is 0 Å². The van der Waals surface area contributed by atoms with Crippen LogP contribution in [0.5, 0.6) is 5.75 Å². The second-order valence-corrected chi connectivity index (χ2v) is 7.75. The number of alkyl halides is 2. The molecule has 0 saturated carbocycles. The van der Waals surface area contributed by atoms with Crippen LogP contribution in [0.2, 0.25) is 0 Å². The van der Waals surface area contributed by atoms with Crippen molar-refractivity contribution in [2.45, 2.75) is 20.0 Å². The summed E-state index contributed by atoms with van der Waals surface area (Å²) in [5, 5.41) is 0.189. The summed E-state index contributed by atoms with van der Waals surface area (Å²) in [6.07, 6.45) is -4.21. The third-order valence-corrected chi connectivity index (χ3v) is 6.89. The number of ether oxygens (including phenoxy) is 1. The summed E-state index contributed by atoms with van der Waals surface area (Å²) in [4.78, 5) is 12.7. The van der Waals surface area contributed by atoms with Crippen molar-refractivity contribution in [2.24, 2.45) is 0 Å². The van der Waals surface area contributed by atoms with E-state index in [1.165, 1.54) is 13.8 Å². The highest BCUT2D eigenvalue weighted by Crippen LogP contribution is 2.43. The third kappa shape index (κ3) is 3.57. The predicted octanol–water partition coefficient (Wildman–Crippen LogP) is 4.53. The molecule has 0 saturated heterocycles. The molecule has 1 aliphatic heterocycles. The van der Waals surface area contributed by atoms with E-state index in [1.54, 1.807) is 22.6 Å². The molecule has 1 aliphatic rings. The lowest BCUT2D eigenvalue weighted by Crippen LogP contribution is -2.51. The van der Waals surface area contributed by atoms with Crippen LogP contribution in [0.15, 0.2) is 12.1 Å². The molecule has 1 heterocycles. The van der Waals surface area contributed by atoms with Crippen LogP contribution in [0.3, 0.4) is 0 Å². The lowest BCUT2D eigenvalue weighted by molar-refractivity contribution is -0.192. The Morgan fingerprint density at radius 2 is 1.90 bits per heavy atom. The van der Waals surface area contributed by atoms with Gasteiger partial charge in [-0.2, -0.15) is 8.78 Å². The van der Waals surface area contributed by atoms with Gasteiger partial charge in [-0.1, -0.05) is 5.92 Å². The van der Waals surface area contributed by atoms with Crippen LogP contribution in [0.25, 0.3) is 11.1 Å². The van der Waals surface area contributed by atoms with Gasteiger partial charge in [0.1, 0.15) is 5.82 Å². The molecule has 0 spiro atoms. The molecule has 0 aliphatic carbocycles. The van der Waals surface area contributed by atoms with E-state index in [2.05, 4.69) is 25.8 Å². The Morgan fingerprint density at radius 1 is 1.24 bits per heavy atom. The average Bonchev–Trinajstić information content (AvgIpc) is 2.66. The van der Waals surface area contributed by atoms with E-state index in [-0.39, 0.29) is 16.6 Å². The smallest absolute Gasteiger partial charge is 0.423 e. The van der Waals surface area contributed by atoms with Crippen molar-refractivity contribution in [1.29, 1.82) is 0 Å². The minimum absolute atomic E-state index is 0.0493. The van der Waals surface area contributed by atoms with Gasteiger partial charge in [0.25, 0.3) is 0 Å². The maximum absolute atomic E-state index is 14.8. The minimum Gasteiger partial charge on any atom is -0.423 e. The minimum atomic E-state index is -4.21. The Labute approximate surface area is 178 Å². The molecule has 1 unspecified atom stereocenters. The number of anilines is 1. The highest BCUT2D eigenvalue weighted by molar-refractivity contribution is 14.1. The van der Waals surface area contributed by atoms with Gasteiger partial charge in [0.15, 0.2) is 17.4 Å². The summed E-state index contributed by atoms with van der Waals surface area (Å²) >= 11 is 1.79. The van der Waals surface area contributed by atoms with E-state index in [4.69, 9.17) is 0 Å². The normalized spacial score (nSPS) is 14.8. The molecule has 1 atom stereocenters. The van der Waals surface area contributed by atoms with Gasteiger partial charge in [-0.15, -0.1) is 15.2 Å². The number of halogens is 6. The zero-order valence-electron chi connectivity index (χ0n) is 15.0. The van der Waals surface area contributed by atoms with E-state index >= 15 is 0 Å². The first kappa shape index (κ1) is 21.8. The number of hydrogen-bond donors (Lipinski definition) is 0. The molecule has 152 valence electrons. The van der Waals surface area contributed by atoms with E-state index in [0.717, 1.165) is 6.07 Å². The predicted molar refractivity (Wildman–Crippen MR) is 110 cm³/mol.